The highest BCUT2D eigenvalue weighted by Gasteiger charge is 2.20. The van der Waals surface area contributed by atoms with E-state index in [1.807, 2.05) is 19.3 Å². The van der Waals surface area contributed by atoms with Gasteiger partial charge in [0.15, 0.2) is 0 Å². The molecule has 0 saturated carbocycles. The first-order valence-electron chi connectivity index (χ1n) is 7.84. The minimum atomic E-state index is 0.749. The third kappa shape index (κ3) is 5.69. The summed E-state index contributed by atoms with van der Waals surface area (Å²) in [5.41, 5.74) is 2.03. The van der Waals surface area contributed by atoms with Gasteiger partial charge in [-0.15, -0.1) is 0 Å². The normalized spacial score (nSPS) is 20.1. The monoisotopic (exact) mass is 292 g/mol. The number of hydrogen-bond acceptors (Lipinski definition) is 5. The van der Waals surface area contributed by atoms with Crippen LogP contribution in [0.1, 0.15) is 24.2 Å². The number of likely N-dealkylation sites (tertiary alicyclic amines) is 1. The Hall–Kier alpha value is -1.04. The highest BCUT2D eigenvalue weighted by Crippen LogP contribution is 2.17. The molecule has 0 bridgehead atoms. The van der Waals surface area contributed by atoms with Crippen molar-refractivity contribution >= 4 is 0 Å². The molecular formula is C16H28N4O. The van der Waals surface area contributed by atoms with Gasteiger partial charge >= 0.3 is 0 Å². The first-order chi connectivity index (χ1) is 10.2. The number of piperidine rings is 1. The fourth-order valence-electron chi connectivity index (χ4n) is 3.01. The number of ether oxygens (including phenoxy) is 1. The van der Waals surface area contributed by atoms with Crippen LogP contribution in [0.25, 0.3) is 0 Å². The van der Waals surface area contributed by atoms with Crippen LogP contribution in [0.15, 0.2) is 12.4 Å². The summed E-state index contributed by atoms with van der Waals surface area (Å²) in [5, 5.41) is 0. The van der Waals surface area contributed by atoms with Crippen molar-refractivity contribution in [2.75, 3.05) is 46.9 Å². The van der Waals surface area contributed by atoms with Crippen LogP contribution in [-0.4, -0.2) is 66.7 Å². The molecule has 1 atom stereocenters. The predicted molar refractivity (Wildman–Crippen MR) is 84.1 cm³/mol. The van der Waals surface area contributed by atoms with E-state index in [0.29, 0.717) is 0 Å². The molecule has 21 heavy (non-hydrogen) atoms. The second-order valence-corrected chi connectivity index (χ2v) is 6.15. The summed E-state index contributed by atoms with van der Waals surface area (Å²) in [4.78, 5) is 13.6. The van der Waals surface area contributed by atoms with E-state index in [-0.39, 0.29) is 0 Å². The first-order valence-corrected chi connectivity index (χ1v) is 7.84. The maximum absolute atomic E-state index is 5.18. The van der Waals surface area contributed by atoms with E-state index < -0.39 is 0 Å². The summed E-state index contributed by atoms with van der Waals surface area (Å²) in [6, 6.07) is 0. The lowest BCUT2D eigenvalue weighted by molar-refractivity contribution is 0.101. The number of aryl methyl sites for hydroxylation is 1. The van der Waals surface area contributed by atoms with Crippen molar-refractivity contribution in [1.82, 2.24) is 19.8 Å². The van der Waals surface area contributed by atoms with Crippen LogP contribution in [0.4, 0.5) is 0 Å². The highest BCUT2D eigenvalue weighted by atomic mass is 16.5. The quantitative estimate of drug-likeness (QED) is 0.763. The van der Waals surface area contributed by atoms with Crippen LogP contribution in [0.2, 0.25) is 0 Å². The van der Waals surface area contributed by atoms with Crippen LogP contribution in [0.3, 0.4) is 0 Å². The van der Waals surface area contributed by atoms with Crippen molar-refractivity contribution in [3.05, 3.63) is 23.8 Å². The van der Waals surface area contributed by atoms with Crippen molar-refractivity contribution in [1.29, 1.82) is 0 Å². The van der Waals surface area contributed by atoms with Crippen molar-refractivity contribution in [2.24, 2.45) is 5.92 Å². The second kappa shape index (κ2) is 8.41. The molecule has 1 aliphatic rings. The SMILES string of the molecule is COCCN1CCCC(CN(C)Cc2cnc(C)cn2)C1. The third-order valence-corrected chi connectivity index (χ3v) is 4.05. The van der Waals surface area contributed by atoms with E-state index in [9.17, 15) is 0 Å². The average Bonchev–Trinajstić information content (AvgIpc) is 2.48. The lowest BCUT2D eigenvalue weighted by Crippen LogP contribution is -2.41. The summed E-state index contributed by atoms with van der Waals surface area (Å²) in [6.45, 7) is 8.26. The van der Waals surface area contributed by atoms with Crippen LogP contribution < -0.4 is 0 Å². The molecular weight excluding hydrogens is 264 g/mol. The molecule has 0 aromatic carbocycles. The molecule has 2 heterocycles. The van der Waals surface area contributed by atoms with Gasteiger partial charge in [0.25, 0.3) is 0 Å². The predicted octanol–water partition coefficient (Wildman–Crippen LogP) is 1.58. The Bertz CT molecular complexity index is 409. The lowest BCUT2D eigenvalue weighted by atomic mass is 9.97. The largest absolute Gasteiger partial charge is 0.383 e. The number of methoxy groups -OCH3 is 1. The minimum absolute atomic E-state index is 0.749. The minimum Gasteiger partial charge on any atom is -0.383 e. The van der Waals surface area contributed by atoms with Crippen LogP contribution in [0.5, 0.6) is 0 Å². The summed E-state index contributed by atoms with van der Waals surface area (Å²) in [5.74, 6) is 0.749. The van der Waals surface area contributed by atoms with E-state index in [1.165, 1.54) is 25.9 Å². The zero-order valence-corrected chi connectivity index (χ0v) is 13.6. The van der Waals surface area contributed by atoms with Gasteiger partial charge in [-0.1, -0.05) is 0 Å². The van der Waals surface area contributed by atoms with E-state index in [2.05, 4.69) is 26.8 Å². The second-order valence-electron chi connectivity index (χ2n) is 6.15. The van der Waals surface area contributed by atoms with Crippen LogP contribution in [-0.2, 0) is 11.3 Å². The molecule has 0 amide bonds. The molecule has 1 aromatic heterocycles. The molecule has 0 spiro atoms. The van der Waals surface area contributed by atoms with Crippen molar-refractivity contribution in [3.8, 4) is 0 Å². The summed E-state index contributed by atoms with van der Waals surface area (Å²) >= 11 is 0. The van der Waals surface area contributed by atoms with E-state index in [1.54, 1.807) is 7.11 Å². The van der Waals surface area contributed by atoms with Gasteiger partial charge in [0, 0.05) is 45.7 Å². The zero-order valence-electron chi connectivity index (χ0n) is 13.6. The molecule has 118 valence electrons. The van der Waals surface area contributed by atoms with E-state index >= 15 is 0 Å². The Morgan fingerprint density at radius 1 is 1.38 bits per heavy atom. The van der Waals surface area contributed by atoms with Gasteiger partial charge in [0.05, 0.1) is 18.0 Å². The van der Waals surface area contributed by atoms with Gasteiger partial charge in [0.2, 0.25) is 0 Å². The maximum Gasteiger partial charge on any atom is 0.0726 e. The van der Waals surface area contributed by atoms with E-state index in [0.717, 1.165) is 43.5 Å². The molecule has 5 heteroatoms. The molecule has 1 saturated heterocycles. The fourth-order valence-corrected chi connectivity index (χ4v) is 3.01. The molecule has 0 radical (unpaired) electrons. The zero-order chi connectivity index (χ0) is 15.1. The first kappa shape index (κ1) is 16.3. The van der Waals surface area contributed by atoms with Gasteiger partial charge in [-0.2, -0.15) is 0 Å². The lowest BCUT2D eigenvalue weighted by Gasteiger charge is -2.34. The summed E-state index contributed by atoms with van der Waals surface area (Å²) in [7, 11) is 3.95. The van der Waals surface area contributed by atoms with Crippen molar-refractivity contribution in [3.63, 3.8) is 0 Å². The molecule has 2 rings (SSSR count). The Kier molecular flexibility index (Phi) is 6.54. The molecule has 1 aromatic rings. The van der Waals surface area contributed by atoms with Gasteiger partial charge in [-0.25, -0.2) is 0 Å². The number of aromatic nitrogens is 2. The summed E-state index contributed by atoms with van der Waals surface area (Å²) in [6.07, 6.45) is 6.35. The molecule has 0 aliphatic carbocycles. The Balaban J connectivity index is 1.76. The van der Waals surface area contributed by atoms with Gasteiger partial charge in [-0.3, -0.25) is 9.97 Å². The number of nitrogens with zero attached hydrogens (tertiary/aromatic N) is 4. The number of hydrogen-bond donors (Lipinski definition) is 0. The maximum atomic E-state index is 5.18. The highest BCUT2D eigenvalue weighted by molar-refractivity contribution is 5.00. The van der Waals surface area contributed by atoms with Crippen molar-refractivity contribution in [2.45, 2.75) is 26.3 Å². The van der Waals surface area contributed by atoms with Crippen LogP contribution in [0, 0.1) is 12.8 Å². The Labute approximate surface area is 128 Å². The number of rotatable bonds is 7. The van der Waals surface area contributed by atoms with E-state index in [4.69, 9.17) is 4.74 Å². The summed E-state index contributed by atoms with van der Waals surface area (Å²) < 4.78 is 5.18. The molecule has 5 nitrogen and oxygen atoms in total. The van der Waals surface area contributed by atoms with Gasteiger partial charge in [0.1, 0.15) is 0 Å². The van der Waals surface area contributed by atoms with Gasteiger partial charge in [-0.05, 0) is 39.3 Å². The Morgan fingerprint density at radius 2 is 2.24 bits per heavy atom. The molecule has 1 unspecified atom stereocenters. The standard InChI is InChI=1S/C16H28N4O/c1-14-9-18-16(10-17-14)13-19(2)11-15-5-4-6-20(12-15)7-8-21-3/h9-10,15H,4-8,11-13H2,1-3H3. The fraction of sp³-hybridized carbons (Fsp3) is 0.750. The third-order valence-electron chi connectivity index (χ3n) is 4.05. The van der Waals surface area contributed by atoms with Crippen LogP contribution >= 0.6 is 0 Å². The van der Waals surface area contributed by atoms with Gasteiger partial charge < -0.3 is 14.5 Å². The topological polar surface area (TPSA) is 41.5 Å². The molecule has 0 N–H and O–H groups in total. The van der Waals surface area contributed by atoms with Crippen molar-refractivity contribution < 1.29 is 4.74 Å². The average molecular weight is 292 g/mol. The molecule has 1 fully saturated rings. The molecule has 1 aliphatic heterocycles. The Morgan fingerprint density at radius 3 is 2.95 bits per heavy atom. The smallest absolute Gasteiger partial charge is 0.0726 e.